The highest BCUT2D eigenvalue weighted by atomic mass is 16.6. The van der Waals surface area contributed by atoms with E-state index in [1.54, 1.807) is 0 Å². The van der Waals surface area contributed by atoms with Crippen molar-refractivity contribution in [3.8, 4) is 0 Å². The van der Waals surface area contributed by atoms with Crippen molar-refractivity contribution in [3.63, 3.8) is 0 Å². The third-order valence-corrected chi connectivity index (χ3v) is 5.62. The van der Waals surface area contributed by atoms with Crippen molar-refractivity contribution >= 4 is 12.0 Å². The molecule has 33 heavy (non-hydrogen) atoms. The fraction of sp³-hybridized carbons (Fsp3) is 0.714. The van der Waals surface area contributed by atoms with Gasteiger partial charge in [-0.15, -0.1) is 0 Å². The van der Waals surface area contributed by atoms with E-state index in [0.29, 0.717) is 13.0 Å². The molecule has 0 heterocycles. The lowest BCUT2D eigenvalue weighted by Crippen LogP contribution is -2.49. The Balaban J connectivity index is 2.26. The van der Waals surface area contributed by atoms with Crippen LogP contribution in [0.15, 0.2) is 30.3 Å². The third-order valence-electron chi connectivity index (χ3n) is 5.62. The largest absolute Gasteiger partial charge is 0.444 e. The molecule has 2 amide bonds. The van der Waals surface area contributed by atoms with Crippen molar-refractivity contribution in [1.82, 2.24) is 10.6 Å². The number of carbonyl (C=O) groups is 2. The fourth-order valence-corrected chi connectivity index (χ4v) is 3.81. The van der Waals surface area contributed by atoms with Crippen LogP contribution in [0.25, 0.3) is 0 Å². The molecule has 0 unspecified atom stereocenters. The van der Waals surface area contributed by atoms with E-state index in [0.717, 1.165) is 18.4 Å². The van der Waals surface area contributed by atoms with Gasteiger partial charge in [0.05, 0.1) is 0 Å². The van der Waals surface area contributed by atoms with Crippen LogP contribution in [0, 0.1) is 0 Å². The Hall–Kier alpha value is -2.04. The summed E-state index contributed by atoms with van der Waals surface area (Å²) in [5.74, 6) is -0.159. The molecule has 5 nitrogen and oxygen atoms in total. The van der Waals surface area contributed by atoms with Crippen molar-refractivity contribution in [2.24, 2.45) is 0 Å². The molecule has 0 aromatic heterocycles. The van der Waals surface area contributed by atoms with E-state index < -0.39 is 17.7 Å². The van der Waals surface area contributed by atoms with E-state index in [1.807, 2.05) is 51.1 Å². The first-order chi connectivity index (χ1) is 15.8. The number of unbranched alkanes of at least 4 members (excludes halogenated alkanes) is 11. The van der Waals surface area contributed by atoms with E-state index >= 15 is 0 Å². The molecule has 1 rings (SSSR count). The SMILES string of the molecule is CCCCCCCCCCCCCCNC(=O)[C@H](Cc1ccccc1)NC(=O)OC(C)(C)C. The van der Waals surface area contributed by atoms with E-state index in [9.17, 15) is 9.59 Å². The number of benzene rings is 1. The van der Waals surface area contributed by atoms with Crippen LogP contribution in [-0.2, 0) is 16.0 Å². The van der Waals surface area contributed by atoms with Gasteiger partial charge in [0.2, 0.25) is 5.91 Å². The molecule has 0 bridgehead atoms. The minimum absolute atomic E-state index is 0.159. The molecule has 188 valence electrons. The summed E-state index contributed by atoms with van der Waals surface area (Å²) in [6.07, 6.45) is 15.3. The molecule has 0 fully saturated rings. The first kappa shape index (κ1) is 29.0. The van der Waals surface area contributed by atoms with Gasteiger partial charge in [-0.1, -0.05) is 108 Å². The van der Waals surface area contributed by atoms with Crippen molar-refractivity contribution in [2.45, 2.75) is 123 Å². The topological polar surface area (TPSA) is 67.4 Å². The van der Waals surface area contributed by atoms with Gasteiger partial charge in [0.25, 0.3) is 0 Å². The van der Waals surface area contributed by atoms with Gasteiger partial charge in [-0.3, -0.25) is 4.79 Å². The maximum Gasteiger partial charge on any atom is 0.408 e. The molecule has 2 N–H and O–H groups in total. The zero-order valence-corrected chi connectivity index (χ0v) is 21.6. The van der Waals surface area contributed by atoms with Gasteiger partial charge in [-0.2, -0.15) is 0 Å². The molecular formula is C28H48N2O3. The summed E-state index contributed by atoms with van der Waals surface area (Å²) >= 11 is 0. The standard InChI is InChI=1S/C28H48N2O3/c1-5-6-7-8-9-10-11-12-13-14-15-19-22-29-26(31)25(23-24-20-17-16-18-21-24)30-27(32)33-28(2,3)4/h16-18,20-21,25H,5-15,19,22-23H2,1-4H3,(H,29,31)(H,30,32)/t25-/m0/s1. The van der Waals surface area contributed by atoms with Gasteiger partial charge >= 0.3 is 6.09 Å². The van der Waals surface area contributed by atoms with Gasteiger partial charge in [0, 0.05) is 13.0 Å². The highest BCUT2D eigenvalue weighted by Crippen LogP contribution is 2.12. The number of alkyl carbamates (subject to hydrolysis) is 1. The number of rotatable bonds is 17. The van der Waals surface area contributed by atoms with Crippen LogP contribution < -0.4 is 10.6 Å². The number of hydrogen-bond donors (Lipinski definition) is 2. The van der Waals surface area contributed by atoms with Gasteiger partial charge in [0.1, 0.15) is 11.6 Å². The van der Waals surface area contributed by atoms with E-state index in [2.05, 4.69) is 17.6 Å². The molecule has 1 aromatic rings. The van der Waals surface area contributed by atoms with Crippen LogP contribution in [0.3, 0.4) is 0 Å². The van der Waals surface area contributed by atoms with Crippen LogP contribution in [-0.4, -0.2) is 30.2 Å². The molecule has 1 aromatic carbocycles. The van der Waals surface area contributed by atoms with Gasteiger partial charge in [-0.05, 0) is 32.8 Å². The number of nitrogens with one attached hydrogen (secondary N) is 2. The Kier molecular flexibility index (Phi) is 15.3. The first-order valence-corrected chi connectivity index (χ1v) is 13.1. The summed E-state index contributed by atoms with van der Waals surface area (Å²) in [5, 5.41) is 5.74. The van der Waals surface area contributed by atoms with Crippen LogP contribution in [0.1, 0.15) is 110 Å². The van der Waals surface area contributed by atoms with Crippen molar-refractivity contribution in [2.75, 3.05) is 6.54 Å². The average molecular weight is 461 g/mol. The Bertz CT molecular complexity index is 640. The highest BCUT2D eigenvalue weighted by Gasteiger charge is 2.24. The number of amides is 2. The monoisotopic (exact) mass is 460 g/mol. The van der Waals surface area contributed by atoms with Crippen LogP contribution in [0.4, 0.5) is 4.79 Å². The summed E-state index contributed by atoms with van der Waals surface area (Å²) in [4.78, 5) is 25.0. The molecule has 1 atom stereocenters. The molecule has 0 radical (unpaired) electrons. The minimum Gasteiger partial charge on any atom is -0.444 e. The molecule has 0 aliphatic carbocycles. The Morgan fingerprint density at radius 2 is 1.33 bits per heavy atom. The predicted molar refractivity (Wildman–Crippen MR) is 137 cm³/mol. The van der Waals surface area contributed by atoms with E-state index in [-0.39, 0.29) is 5.91 Å². The summed E-state index contributed by atoms with van der Waals surface area (Å²) in [5.41, 5.74) is 0.395. The second kappa shape index (κ2) is 17.4. The quantitative estimate of drug-likeness (QED) is 0.247. The normalized spacial score (nSPS) is 12.2. The van der Waals surface area contributed by atoms with Gasteiger partial charge < -0.3 is 15.4 Å². The van der Waals surface area contributed by atoms with Crippen molar-refractivity contribution in [1.29, 1.82) is 0 Å². The fourth-order valence-electron chi connectivity index (χ4n) is 3.81. The predicted octanol–water partition coefficient (Wildman–Crippen LogP) is 6.94. The molecule has 0 aliphatic rings. The second-order valence-electron chi connectivity index (χ2n) is 10.1. The maximum atomic E-state index is 12.8. The van der Waals surface area contributed by atoms with Crippen LogP contribution >= 0.6 is 0 Å². The summed E-state index contributed by atoms with van der Waals surface area (Å²) in [6, 6.07) is 9.08. The van der Waals surface area contributed by atoms with Crippen molar-refractivity contribution < 1.29 is 14.3 Å². The lowest BCUT2D eigenvalue weighted by molar-refractivity contribution is -0.123. The smallest absolute Gasteiger partial charge is 0.408 e. The highest BCUT2D eigenvalue weighted by molar-refractivity contribution is 5.86. The maximum absolute atomic E-state index is 12.8. The first-order valence-electron chi connectivity index (χ1n) is 13.1. The Labute approximate surface area is 202 Å². The molecule has 0 saturated heterocycles. The Morgan fingerprint density at radius 3 is 1.85 bits per heavy atom. The van der Waals surface area contributed by atoms with Crippen LogP contribution in [0.2, 0.25) is 0 Å². The van der Waals surface area contributed by atoms with Gasteiger partial charge in [0.15, 0.2) is 0 Å². The number of hydrogen-bond acceptors (Lipinski definition) is 3. The lowest BCUT2D eigenvalue weighted by atomic mass is 10.0. The van der Waals surface area contributed by atoms with Gasteiger partial charge in [-0.25, -0.2) is 4.79 Å². The molecular weight excluding hydrogens is 412 g/mol. The molecule has 5 heteroatoms. The molecule has 0 saturated carbocycles. The zero-order chi connectivity index (χ0) is 24.4. The minimum atomic E-state index is -0.653. The van der Waals surface area contributed by atoms with E-state index in [4.69, 9.17) is 4.74 Å². The molecule has 0 aliphatic heterocycles. The summed E-state index contributed by atoms with van der Waals surface area (Å²) < 4.78 is 5.35. The third kappa shape index (κ3) is 16.3. The summed E-state index contributed by atoms with van der Waals surface area (Å²) in [6.45, 7) is 8.33. The summed E-state index contributed by atoms with van der Waals surface area (Å²) in [7, 11) is 0. The molecule has 0 spiro atoms. The van der Waals surface area contributed by atoms with Crippen molar-refractivity contribution in [3.05, 3.63) is 35.9 Å². The van der Waals surface area contributed by atoms with Crippen LogP contribution in [0.5, 0.6) is 0 Å². The number of carbonyl (C=O) groups excluding carboxylic acids is 2. The Morgan fingerprint density at radius 1 is 0.818 bits per heavy atom. The second-order valence-corrected chi connectivity index (χ2v) is 10.1. The average Bonchev–Trinajstić information content (AvgIpc) is 2.75. The number of ether oxygens (including phenoxy) is 1. The zero-order valence-electron chi connectivity index (χ0n) is 21.6. The lowest BCUT2D eigenvalue weighted by Gasteiger charge is -2.23. The van der Waals surface area contributed by atoms with E-state index in [1.165, 1.54) is 64.2 Å².